The van der Waals surface area contributed by atoms with Crippen LogP contribution in [0.4, 0.5) is 23.2 Å². The molecule has 1 aliphatic rings. The molecule has 0 saturated carbocycles. The van der Waals surface area contributed by atoms with Crippen molar-refractivity contribution in [3.8, 4) is 5.75 Å². The number of ether oxygens (including phenoxy) is 1. The Bertz CT molecular complexity index is 1260. The number of rotatable bonds is 11. The van der Waals surface area contributed by atoms with E-state index < -0.39 is 35.9 Å². The average Bonchev–Trinajstić information content (AvgIpc) is 2.90. The molecule has 0 bridgehead atoms. The first-order valence-electron chi connectivity index (χ1n) is 12.6. The van der Waals surface area contributed by atoms with Gasteiger partial charge in [-0.15, -0.1) is 0 Å². The lowest BCUT2D eigenvalue weighted by atomic mass is 9.74. The number of likely N-dealkylation sites (tertiary alicyclic amines) is 1. The number of pyridine rings is 1. The molecule has 2 heterocycles. The summed E-state index contributed by atoms with van der Waals surface area (Å²) in [5.41, 5.74) is 0.0900. The maximum atomic E-state index is 15.7. The first-order valence-corrected chi connectivity index (χ1v) is 12.6. The molecule has 0 radical (unpaired) electrons. The fraction of sp³-hybridized carbons (Fsp3) is 0.429. The van der Waals surface area contributed by atoms with E-state index in [9.17, 15) is 23.1 Å². The maximum absolute atomic E-state index is 15.7. The number of anilines is 1. The van der Waals surface area contributed by atoms with Gasteiger partial charge in [0, 0.05) is 47.6 Å². The van der Waals surface area contributed by atoms with Gasteiger partial charge in [-0.1, -0.05) is 0 Å². The SMILES string of the molecule is COc1ccc2ncc(CF)c(C(F)CCC3(C(=O)O)CCN(CCNc4cc(F)cc(F)c4)CC3)c2c1. The van der Waals surface area contributed by atoms with Crippen molar-refractivity contribution >= 4 is 22.6 Å². The van der Waals surface area contributed by atoms with E-state index >= 15 is 4.39 Å². The van der Waals surface area contributed by atoms with Crippen LogP contribution < -0.4 is 10.1 Å². The van der Waals surface area contributed by atoms with Gasteiger partial charge in [0.15, 0.2) is 0 Å². The molecule has 2 aromatic carbocycles. The molecule has 3 aromatic rings. The van der Waals surface area contributed by atoms with Crippen LogP contribution in [0.15, 0.2) is 42.6 Å². The van der Waals surface area contributed by atoms with Gasteiger partial charge in [-0.05, 0) is 69.1 Å². The van der Waals surface area contributed by atoms with Crippen molar-refractivity contribution in [2.24, 2.45) is 5.41 Å². The number of benzene rings is 2. The number of aromatic nitrogens is 1. The highest BCUT2D eigenvalue weighted by Crippen LogP contribution is 2.41. The number of nitrogens with one attached hydrogen (secondary N) is 1. The van der Waals surface area contributed by atoms with Crippen molar-refractivity contribution in [3.05, 3.63) is 65.4 Å². The second kappa shape index (κ2) is 12.0. The number of piperidine rings is 1. The highest BCUT2D eigenvalue weighted by Gasteiger charge is 2.41. The number of carboxylic acids is 1. The summed E-state index contributed by atoms with van der Waals surface area (Å²) in [5, 5.41) is 13.5. The van der Waals surface area contributed by atoms with Crippen LogP contribution in [0, 0.1) is 17.0 Å². The van der Waals surface area contributed by atoms with Crippen molar-refractivity contribution in [1.82, 2.24) is 9.88 Å². The summed E-state index contributed by atoms with van der Waals surface area (Å²) < 4.78 is 61.4. The van der Waals surface area contributed by atoms with Gasteiger partial charge in [0.05, 0.1) is 18.0 Å². The lowest BCUT2D eigenvalue weighted by Crippen LogP contribution is -2.45. The zero-order valence-corrected chi connectivity index (χ0v) is 21.2. The fourth-order valence-electron chi connectivity index (χ4n) is 5.17. The minimum Gasteiger partial charge on any atom is -0.497 e. The Morgan fingerprint density at radius 3 is 2.53 bits per heavy atom. The number of carboxylic acid groups (broad SMARTS) is 1. The molecule has 4 rings (SSSR count). The minimum atomic E-state index is -1.57. The number of halogens is 4. The highest BCUT2D eigenvalue weighted by molar-refractivity contribution is 5.85. The van der Waals surface area contributed by atoms with Crippen LogP contribution in [-0.4, -0.2) is 54.2 Å². The number of nitrogens with zero attached hydrogens (tertiary/aromatic N) is 2. The van der Waals surface area contributed by atoms with Gasteiger partial charge in [0.1, 0.15) is 30.2 Å². The third-order valence-electron chi connectivity index (χ3n) is 7.42. The topological polar surface area (TPSA) is 74.7 Å². The van der Waals surface area contributed by atoms with E-state index in [0.29, 0.717) is 61.4 Å². The molecule has 1 unspecified atom stereocenters. The van der Waals surface area contributed by atoms with E-state index in [2.05, 4.69) is 15.2 Å². The molecule has 38 heavy (non-hydrogen) atoms. The van der Waals surface area contributed by atoms with Crippen LogP contribution in [0.2, 0.25) is 0 Å². The summed E-state index contributed by atoms with van der Waals surface area (Å²) >= 11 is 0. The zero-order chi connectivity index (χ0) is 27.3. The number of fused-ring (bicyclic) bond motifs is 1. The summed E-state index contributed by atoms with van der Waals surface area (Å²) in [4.78, 5) is 18.6. The van der Waals surface area contributed by atoms with Crippen LogP contribution in [0.5, 0.6) is 5.75 Å². The average molecular weight is 534 g/mol. The Kier molecular flexibility index (Phi) is 8.71. The summed E-state index contributed by atoms with van der Waals surface area (Å²) in [6, 6.07) is 8.22. The van der Waals surface area contributed by atoms with Crippen molar-refractivity contribution < 1.29 is 32.2 Å². The van der Waals surface area contributed by atoms with Crippen LogP contribution in [0.25, 0.3) is 10.9 Å². The second-order valence-corrected chi connectivity index (χ2v) is 9.73. The van der Waals surface area contributed by atoms with Gasteiger partial charge in [0.2, 0.25) is 0 Å². The third-order valence-corrected chi connectivity index (χ3v) is 7.42. The van der Waals surface area contributed by atoms with Gasteiger partial charge in [0.25, 0.3) is 0 Å². The first-order chi connectivity index (χ1) is 18.2. The molecule has 1 saturated heterocycles. The number of hydrogen-bond acceptors (Lipinski definition) is 5. The van der Waals surface area contributed by atoms with Crippen LogP contribution in [0.1, 0.15) is 43.0 Å². The molecule has 1 fully saturated rings. The molecule has 1 aliphatic heterocycles. The molecule has 0 spiro atoms. The van der Waals surface area contributed by atoms with Gasteiger partial charge >= 0.3 is 5.97 Å². The summed E-state index contributed by atoms with van der Waals surface area (Å²) in [5.74, 6) is -1.80. The Labute approximate surface area is 218 Å². The monoisotopic (exact) mass is 533 g/mol. The van der Waals surface area contributed by atoms with Crippen molar-refractivity contribution in [2.75, 3.05) is 38.6 Å². The van der Waals surface area contributed by atoms with Gasteiger partial charge in [-0.3, -0.25) is 9.78 Å². The number of carbonyl (C=O) groups is 1. The van der Waals surface area contributed by atoms with Gasteiger partial charge in [-0.25, -0.2) is 17.6 Å². The first kappa shape index (κ1) is 27.6. The van der Waals surface area contributed by atoms with E-state index in [1.807, 2.05) is 0 Å². The number of hydrogen-bond donors (Lipinski definition) is 2. The fourth-order valence-corrected chi connectivity index (χ4v) is 5.17. The standard InChI is InChI=1S/C28H31F4N3O3/c1-38-22-2-3-25-23(15-22)26(18(16-29)17-34-25)24(32)4-5-28(27(36)37)6-9-35(10-7-28)11-8-33-21-13-19(30)12-20(31)14-21/h2-3,12-15,17,24,33H,4-11,16H2,1H3,(H,36,37). The Hall–Kier alpha value is -3.40. The minimum absolute atomic E-state index is 0.0671. The number of aliphatic carboxylic acids is 1. The summed E-state index contributed by atoms with van der Waals surface area (Å²) in [6.07, 6.45) is 0.479. The zero-order valence-electron chi connectivity index (χ0n) is 21.2. The van der Waals surface area contributed by atoms with Crippen LogP contribution >= 0.6 is 0 Å². The van der Waals surface area contributed by atoms with Crippen molar-refractivity contribution in [3.63, 3.8) is 0 Å². The molecule has 1 atom stereocenters. The van der Waals surface area contributed by atoms with E-state index in [1.165, 1.54) is 25.4 Å². The van der Waals surface area contributed by atoms with Crippen molar-refractivity contribution in [2.45, 2.75) is 38.5 Å². The van der Waals surface area contributed by atoms with Crippen LogP contribution in [0.3, 0.4) is 0 Å². The van der Waals surface area contributed by atoms with Gasteiger partial charge in [-0.2, -0.15) is 0 Å². The lowest BCUT2D eigenvalue weighted by molar-refractivity contribution is -0.153. The number of alkyl halides is 2. The quantitative estimate of drug-likeness (QED) is 0.292. The maximum Gasteiger partial charge on any atom is 0.309 e. The van der Waals surface area contributed by atoms with Gasteiger partial charge < -0.3 is 20.1 Å². The van der Waals surface area contributed by atoms with E-state index in [0.717, 1.165) is 6.07 Å². The van der Waals surface area contributed by atoms with Crippen molar-refractivity contribution in [1.29, 1.82) is 0 Å². The molecule has 204 valence electrons. The Morgan fingerprint density at radius 1 is 1.18 bits per heavy atom. The molecule has 0 aliphatic carbocycles. The predicted octanol–water partition coefficient (Wildman–Crippen LogP) is 6.06. The second-order valence-electron chi connectivity index (χ2n) is 9.73. The predicted molar refractivity (Wildman–Crippen MR) is 137 cm³/mol. The molecular formula is C28H31F4N3O3. The smallest absolute Gasteiger partial charge is 0.309 e. The molecular weight excluding hydrogens is 502 g/mol. The third kappa shape index (κ3) is 6.18. The van der Waals surface area contributed by atoms with E-state index in [1.54, 1.807) is 18.2 Å². The lowest BCUT2D eigenvalue weighted by Gasteiger charge is -2.39. The molecule has 1 aromatic heterocycles. The highest BCUT2D eigenvalue weighted by atomic mass is 19.1. The molecule has 10 heteroatoms. The summed E-state index contributed by atoms with van der Waals surface area (Å²) in [7, 11) is 1.49. The summed E-state index contributed by atoms with van der Waals surface area (Å²) in [6.45, 7) is 1.09. The Morgan fingerprint density at radius 2 is 1.89 bits per heavy atom. The van der Waals surface area contributed by atoms with E-state index in [-0.39, 0.29) is 24.0 Å². The van der Waals surface area contributed by atoms with E-state index in [4.69, 9.17) is 4.74 Å². The Balaban J connectivity index is 1.39. The van der Waals surface area contributed by atoms with Crippen LogP contribution in [-0.2, 0) is 11.5 Å². The largest absolute Gasteiger partial charge is 0.497 e. The normalized spacial score (nSPS) is 16.3. The molecule has 0 amide bonds. The number of methoxy groups -OCH3 is 1. The molecule has 6 nitrogen and oxygen atoms in total. The molecule has 2 N–H and O–H groups in total.